The summed E-state index contributed by atoms with van der Waals surface area (Å²) in [7, 11) is 0. The van der Waals surface area contributed by atoms with Crippen molar-refractivity contribution in [2.45, 2.75) is 0 Å². The molecule has 0 aliphatic carbocycles. The highest BCUT2D eigenvalue weighted by Crippen LogP contribution is 2.61. The molecule has 0 aliphatic heterocycles. The highest BCUT2D eigenvalue weighted by molar-refractivity contribution is 8.24. The van der Waals surface area contributed by atoms with E-state index < -0.39 is 22.3 Å². The van der Waals surface area contributed by atoms with E-state index in [1.807, 2.05) is 5.38 Å². The van der Waals surface area contributed by atoms with Crippen molar-refractivity contribution < 1.29 is 13.3 Å². The van der Waals surface area contributed by atoms with E-state index in [1.165, 1.54) is 22.7 Å². The zero-order chi connectivity index (χ0) is 20.2. The number of rotatable bonds is 0. The van der Waals surface area contributed by atoms with E-state index >= 15 is 0 Å². The average molecular weight is 510 g/mol. The van der Waals surface area contributed by atoms with Gasteiger partial charge in [0.15, 0.2) is 11.6 Å². The van der Waals surface area contributed by atoms with Gasteiger partial charge in [0.25, 0.3) is 0 Å². The SMILES string of the molecule is Fc1cnc2sccc2c1Cl.O=P(Cl)(Cl)Cl.O=c1c(F)c[nH]c2sccc12. The van der Waals surface area contributed by atoms with Crippen LogP contribution in [0.15, 0.2) is 40.1 Å². The lowest BCUT2D eigenvalue weighted by molar-refractivity contribution is 0.600. The molecule has 0 fully saturated rings. The van der Waals surface area contributed by atoms with Gasteiger partial charge in [0, 0.05) is 11.6 Å². The molecule has 4 aromatic heterocycles. The largest absolute Gasteiger partial charge is 0.350 e. The second kappa shape index (κ2) is 9.65. The Balaban J connectivity index is 0.000000157. The molecule has 0 aromatic carbocycles. The monoisotopic (exact) mass is 508 g/mol. The summed E-state index contributed by atoms with van der Waals surface area (Å²) in [5.74, 6) is -1.19. The van der Waals surface area contributed by atoms with Gasteiger partial charge in [0.05, 0.1) is 16.6 Å². The molecule has 0 saturated carbocycles. The lowest BCUT2D eigenvalue weighted by Gasteiger charge is -1.92. The molecular formula is C14H7Cl4F2N2O2PS2. The summed E-state index contributed by atoms with van der Waals surface area (Å²) >= 11 is 22.3. The molecule has 0 bridgehead atoms. The lowest BCUT2D eigenvalue weighted by Crippen LogP contribution is -2.05. The maximum atomic E-state index is 12.7. The number of hydrogen-bond acceptors (Lipinski definition) is 5. The number of fused-ring (bicyclic) bond motifs is 2. The third kappa shape index (κ3) is 6.68. The molecule has 4 rings (SSSR count). The Morgan fingerprint density at radius 1 is 1.04 bits per heavy atom. The molecule has 0 saturated heterocycles. The molecule has 0 atom stereocenters. The van der Waals surface area contributed by atoms with Gasteiger partial charge in [-0.2, -0.15) is 0 Å². The Labute approximate surface area is 178 Å². The van der Waals surface area contributed by atoms with E-state index in [4.69, 9.17) is 11.6 Å². The molecule has 4 heterocycles. The summed E-state index contributed by atoms with van der Waals surface area (Å²) in [6, 6.07) is 3.38. The Morgan fingerprint density at radius 3 is 2.30 bits per heavy atom. The number of halogens is 6. The minimum Gasteiger partial charge on any atom is -0.350 e. The lowest BCUT2D eigenvalue weighted by atomic mass is 10.3. The van der Waals surface area contributed by atoms with Crippen LogP contribution in [-0.2, 0) is 4.57 Å². The molecular weight excluding hydrogens is 503 g/mol. The Hall–Kier alpha value is -0.730. The van der Waals surface area contributed by atoms with Gasteiger partial charge in [-0.25, -0.2) is 13.8 Å². The molecule has 0 aliphatic rings. The van der Waals surface area contributed by atoms with Crippen LogP contribution in [0, 0.1) is 11.6 Å². The molecule has 0 radical (unpaired) electrons. The fourth-order valence-electron chi connectivity index (χ4n) is 1.79. The zero-order valence-corrected chi connectivity index (χ0v) is 18.3. The van der Waals surface area contributed by atoms with Crippen molar-refractivity contribution >= 4 is 93.6 Å². The number of hydrogen-bond donors (Lipinski definition) is 1. The smallest absolute Gasteiger partial charge is 0.339 e. The first kappa shape index (κ1) is 22.6. The Morgan fingerprint density at radius 2 is 1.63 bits per heavy atom. The summed E-state index contributed by atoms with van der Waals surface area (Å²) < 4.78 is 34.8. The van der Waals surface area contributed by atoms with Crippen molar-refractivity contribution in [3.8, 4) is 0 Å². The summed E-state index contributed by atoms with van der Waals surface area (Å²) in [6.07, 6.45) is 2.22. The van der Waals surface area contributed by atoms with Crippen LogP contribution in [-0.4, -0.2) is 9.97 Å². The van der Waals surface area contributed by atoms with E-state index in [9.17, 15) is 18.1 Å². The van der Waals surface area contributed by atoms with Gasteiger partial charge in [-0.05, 0) is 56.6 Å². The van der Waals surface area contributed by atoms with Crippen LogP contribution >= 0.6 is 73.2 Å². The third-order valence-electron chi connectivity index (χ3n) is 2.84. The number of pyridine rings is 2. The van der Waals surface area contributed by atoms with Gasteiger partial charge in [-0.1, -0.05) is 11.6 Å². The first-order valence-corrected chi connectivity index (χ1v) is 13.2. The van der Waals surface area contributed by atoms with Crippen LogP contribution in [0.4, 0.5) is 8.78 Å². The zero-order valence-electron chi connectivity index (χ0n) is 12.8. The van der Waals surface area contributed by atoms with Crippen molar-refractivity contribution in [2.75, 3.05) is 0 Å². The molecule has 0 unspecified atom stereocenters. The molecule has 0 amide bonds. The van der Waals surface area contributed by atoms with Crippen LogP contribution in [0.3, 0.4) is 0 Å². The predicted octanol–water partition coefficient (Wildman–Crippen LogP) is 7.63. The van der Waals surface area contributed by atoms with Gasteiger partial charge >= 0.3 is 5.20 Å². The Bertz CT molecular complexity index is 1170. The quantitative estimate of drug-likeness (QED) is 0.248. The number of nitrogens with zero attached hydrogens (tertiary/aromatic N) is 1. The summed E-state index contributed by atoms with van der Waals surface area (Å²) in [5, 5.41) is 1.65. The van der Waals surface area contributed by atoms with Crippen LogP contribution in [0.5, 0.6) is 0 Å². The van der Waals surface area contributed by atoms with Crippen molar-refractivity contribution in [1.29, 1.82) is 0 Å². The standard InChI is InChI=1S/C7H3ClFNS.C7H4FNOS.Cl3OP/c8-6-4-1-2-11-7(4)10-3-5(6)9;8-5-3-9-7-4(6(5)10)1-2-11-7;1-5(2,3)4/h1-3H;1-3H,(H,9,10);. The van der Waals surface area contributed by atoms with Crippen LogP contribution < -0.4 is 5.43 Å². The van der Waals surface area contributed by atoms with Crippen molar-refractivity contribution in [3.63, 3.8) is 0 Å². The van der Waals surface area contributed by atoms with Crippen LogP contribution in [0.1, 0.15) is 0 Å². The number of H-pyrrole nitrogens is 1. The maximum Gasteiger partial charge on any atom is 0.339 e. The van der Waals surface area contributed by atoms with Gasteiger partial charge in [-0.3, -0.25) is 9.36 Å². The van der Waals surface area contributed by atoms with E-state index in [2.05, 4.69) is 43.7 Å². The molecule has 0 spiro atoms. The van der Waals surface area contributed by atoms with Crippen LogP contribution in [0.2, 0.25) is 5.02 Å². The first-order valence-electron chi connectivity index (χ1n) is 6.68. The minimum absolute atomic E-state index is 0.163. The highest BCUT2D eigenvalue weighted by Gasteiger charge is 2.06. The fraction of sp³-hybridized carbons (Fsp3) is 0. The normalized spacial score (nSPS) is 10.9. The van der Waals surface area contributed by atoms with Gasteiger partial charge < -0.3 is 4.98 Å². The number of aromatic amines is 1. The predicted molar refractivity (Wildman–Crippen MR) is 112 cm³/mol. The molecule has 13 heteroatoms. The maximum absolute atomic E-state index is 12.7. The molecule has 1 N–H and O–H groups in total. The molecule has 4 aromatic rings. The second-order valence-electron chi connectivity index (χ2n) is 4.59. The molecule has 27 heavy (non-hydrogen) atoms. The third-order valence-corrected chi connectivity index (χ3v) is 4.89. The van der Waals surface area contributed by atoms with Crippen LogP contribution in [0.25, 0.3) is 20.4 Å². The fourth-order valence-corrected chi connectivity index (χ4v) is 3.55. The summed E-state index contributed by atoms with van der Waals surface area (Å²) in [5.41, 5.74) is -0.528. The van der Waals surface area contributed by atoms with E-state index in [0.29, 0.717) is 10.8 Å². The summed E-state index contributed by atoms with van der Waals surface area (Å²) in [4.78, 5) is 19.0. The summed E-state index contributed by atoms with van der Waals surface area (Å²) in [6.45, 7) is 0. The topological polar surface area (TPSA) is 62.8 Å². The van der Waals surface area contributed by atoms with Crippen molar-refractivity contribution in [3.05, 3.63) is 62.2 Å². The highest BCUT2D eigenvalue weighted by atomic mass is 36.0. The first-order chi connectivity index (χ1) is 12.6. The number of thiophene rings is 2. The second-order valence-corrected chi connectivity index (χ2v) is 13.4. The Kier molecular flexibility index (Phi) is 8.06. The van der Waals surface area contributed by atoms with E-state index in [0.717, 1.165) is 22.1 Å². The van der Waals surface area contributed by atoms with Crippen molar-refractivity contribution in [1.82, 2.24) is 9.97 Å². The van der Waals surface area contributed by atoms with Gasteiger partial charge in [-0.15, -0.1) is 22.7 Å². The molecule has 144 valence electrons. The number of nitrogens with one attached hydrogen (secondary N) is 1. The van der Waals surface area contributed by atoms with Crippen molar-refractivity contribution in [2.24, 2.45) is 0 Å². The van der Waals surface area contributed by atoms with Gasteiger partial charge in [0.1, 0.15) is 9.66 Å². The number of aromatic nitrogens is 2. The average Bonchev–Trinajstić information content (AvgIpc) is 3.23. The minimum atomic E-state index is -3.22. The van der Waals surface area contributed by atoms with E-state index in [-0.39, 0.29) is 5.02 Å². The van der Waals surface area contributed by atoms with E-state index in [1.54, 1.807) is 17.5 Å². The molecule has 4 nitrogen and oxygen atoms in total. The van der Waals surface area contributed by atoms with Gasteiger partial charge in [0.2, 0.25) is 5.43 Å².